The van der Waals surface area contributed by atoms with Crippen LogP contribution >= 0.6 is 15.9 Å². The molecular formula is C22H21BrN4O2. The summed E-state index contributed by atoms with van der Waals surface area (Å²) >= 11 is 3.33. The number of aromatic nitrogens is 2. The number of fused-ring (bicyclic) bond motifs is 1. The highest BCUT2D eigenvalue weighted by Crippen LogP contribution is 2.24. The van der Waals surface area contributed by atoms with Crippen molar-refractivity contribution in [3.05, 3.63) is 70.6 Å². The Kier molecular flexibility index (Phi) is 5.76. The molecule has 0 aliphatic carbocycles. The van der Waals surface area contributed by atoms with E-state index >= 15 is 0 Å². The van der Waals surface area contributed by atoms with Gasteiger partial charge in [0, 0.05) is 40.4 Å². The van der Waals surface area contributed by atoms with E-state index in [2.05, 4.69) is 37.3 Å². The van der Waals surface area contributed by atoms with Gasteiger partial charge in [0.25, 0.3) is 5.91 Å². The van der Waals surface area contributed by atoms with Gasteiger partial charge < -0.3 is 15.2 Å². The number of amides is 2. The van der Waals surface area contributed by atoms with Gasteiger partial charge in [-0.25, -0.2) is 4.98 Å². The van der Waals surface area contributed by atoms with E-state index in [1.807, 2.05) is 30.3 Å². The minimum atomic E-state index is -0.291. The number of benzene rings is 2. The number of anilines is 1. The second-order valence-corrected chi connectivity index (χ2v) is 7.93. The van der Waals surface area contributed by atoms with Crippen molar-refractivity contribution in [2.24, 2.45) is 0 Å². The third kappa shape index (κ3) is 4.74. The summed E-state index contributed by atoms with van der Waals surface area (Å²) in [6, 6.07) is 14.6. The number of halogens is 1. The van der Waals surface area contributed by atoms with Gasteiger partial charge in [-0.1, -0.05) is 34.1 Å². The van der Waals surface area contributed by atoms with Gasteiger partial charge in [0.1, 0.15) is 5.82 Å². The molecule has 0 radical (unpaired) electrons. The summed E-state index contributed by atoms with van der Waals surface area (Å²) in [5, 5.41) is 5.43. The molecule has 2 heterocycles. The van der Waals surface area contributed by atoms with Crippen molar-refractivity contribution in [2.75, 3.05) is 11.9 Å². The maximum absolute atomic E-state index is 12.2. The fraction of sp³-hybridized carbons (Fsp3) is 0.227. The van der Waals surface area contributed by atoms with Crippen LogP contribution in [0.5, 0.6) is 0 Å². The van der Waals surface area contributed by atoms with E-state index in [4.69, 9.17) is 4.98 Å². The number of nitrogens with zero attached hydrogens (tertiary/aromatic N) is 2. The molecule has 2 amide bonds. The van der Waals surface area contributed by atoms with E-state index in [9.17, 15) is 9.59 Å². The molecule has 1 aromatic heterocycles. The smallest absolute Gasteiger partial charge is 0.251 e. The second-order valence-electron chi connectivity index (χ2n) is 7.01. The number of imidazole rings is 1. The van der Waals surface area contributed by atoms with Crippen molar-refractivity contribution in [3.63, 3.8) is 0 Å². The molecular weight excluding hydrogens is 432 g/mol. The van der Waals surface area contributed by atoms with Gasteiger partial charge >= 0.3 is 0 Å². The zero-order valence-corrected chi connectivity index (χ0v) is 17.4. The van der Waals surface area contributed by atoms with Crippen LogP contribution in [0, 0.1) is 0 Å². The van der Waals surface area contributed by atoms with Crippen molar-refractivity contribution < 1.29 is 9.59 Å². The molecule has 1 aliphatic heterocycles. The summed E-state index contributed by atoms with van der Waals surface area (Å²) in [7, 11) is 0. The summed E-state index contributed by atoms with van der Waals surface area (Å²) in [4.78, 5) is 29.0. The molecule has 2 aromatic carbocycles. The van der Waals surface area contributed by atoms with Crippen LogP contribution in [-0.4, -0.2) is 27.9 Å². The average molecular weight is 453 g/mol. The molecule has 0 saturated carbocycles. The molecule has 0 saturated heterocycles. The molecule has 0 unspecified atom stereocenters. The highest BCUT2D eigenvalue weighted by molar-refractivity contribution is 9.10. The number of aryl methyl sites for hydroxylation is 2. The normalized spacial score (nSPS) is 12.9. The minimum Gasteiger partial charge on any atom is -0.343 e. The Morgan fingerprint density at radius 1 is 1.10 bits per heavy atom. The predicted octanol–water partition coefficient (Wildman–Crippen LogP) is 4.02. The van der Waals surface area contributed by atoms with E-state index in [0.29, 0.717) is 11.3 Å². The second kappa shape index (κ2) is 8.61. The monoisotopic (exact) mass is 452 g/mol. The Morgan fingerprint density at radius 2 is 1.93 bits per heavy atom. The van der Waals surface area contributed by atoms with E-state index in [1.165, 1.54) is 12.8 Å². The molecule has 3 aromatic rings. The third-order valence-corrected chi connectivity index (χ3v) is 5.36. The predicted molar refractivity (Wildman–Crippen MR) is 116 cm³/mol. The first-order chi connectivity index (χ1) is 14.1. The maximum atomic E-state index is 12.2. The lowest BCUT2D eigenvalue weighted by Gasteiger charge is -2.11. The van der Waals surface area contributed by atoms with E-state index < -0.39 is 0 Å². The molecule has 2 N–H and O–H groups in total. The van der Waals surface area contributed by atoms with E-state index in [0.717, 1.165) is 34.5 Å². The van der Waals surface area contributed by atoms with Crippen molar-refractivity contribution in [1.29, 1.82) is 0 Å². The van der Waals surface area contributed by atoms with Crippen LogP contribution in [0.1, 0.15) is 29.0 Å². The van der Waals surface area contributed by atoms with Crippen molar-refractivity contribution in [3.8, 4) is 11.3 Å². The van der Waals surface area contributed by atoms with Crippen LogP contribution in [-0.2, 0) is 17.8 Å². The lowest BCUT2D eigenvalue weighted by atomic mass is 10.1. The Bertz CT molecular complexity index is 1020. The molecule has 0 fully saturated rings. The first kappa shape index (κ1) is 19.4. The lowest BCUT2D eigenvalue weighted by Crippen LogP contribution is -2.32. The summed E-state index contributed by atoms with van der Waals surface area (Å²) < 4.78 is 3.04. The van der Waals surface area contributed by atoms with Crippen LogP contribution < -0.4 is 10.6 Å². The third-order valence-electron chi connectivity index (χ3n) is 4.87. The van der Waals surface area contributed by atoms with Crippen molar-refractivity contribution >= 4 is 33.4 Å². The highest BCUT2D eigenvalue weighted by atomic mass is 79.9. The Morgan fingerprint density at radius 3 is 2.69 bits per heavy atom. The molecule has 29 heavy (non-hydrogen) atoms. The number of hydrogen-bond donors (Lipinski definition) is 2. The van der Waals surface area contributed by atoms with Gasteiger partial charge in [0.15, 0.2) is 0 Å². The van der Waals surface area contributed by atoms with Crippen LogP contribution in [0.15, 0.2) is 59.2 Å². The fourth-order valence-electron chi connectivity index (χ4n) is 3.37. The van der Waals surface area contributed by atoms with Gasteiger partial charge in [-0.2, -0.15) is 0 Å². The summed E-state index contributed by atoms with van der Waals surface area (Å²) in [6.07, 6.45) is 5.52. The van der Waals surface area contributed by atoms with Crippen LogP contribution in [0.3, 0.4) is 0 Å². The largest absolute Gasteiger partial charge is 0.343 e. The fourth-order valence-corrected chi connectivity index (χ4v) is 3.77. The molecule has 0 bridgehead atoms. The van der Waals surface area contributed by atoms with Gasteiger partial charge in [-0.3, -0.25) is 9.59 Å². The van der Waals surface area contributed by atoms with Crippen LogP contribution in [0.25, 0.3) is 11.3 Å². The van der Waals surface area contributed by atoms with Crippen molar-refractivity contribution in [1.82, 2.24) is 14.9 Å². The number of carbonyl (C=O) groups excluding carboxylic acids is 2. The Labute approximate surface area is 177 Å². The van der Waals surface area contributed by atoms with Crippen LogP contribution in [0.4, 0.5) is 5.69 Å². The van der Waals surface area contributed by atoms with Gasteiger partial charge in [0.2, 0.25) is 5.91 Å². The molecule has 1 aliphatic rings. The standard InChI is InChI=1S/C22H21BrN4O2/c23-17-5-3-4-16(12-17)22(29)24-13-21(28)25-18-9-7-15(8-10-18)19-14-27-11-2-1-6-20(27)26-19/h3-5,7-10,12,14H,1-2,6,11,13H2,(H,24,29)(H,25,28). The van der Waals surface area contributed by atoms with E-state index in [1.54, 1.807) is 18.2 Å². The minimum absolute atomic E-state index is 0.0964. The lowest BCUT2D eigenvalue weighted by molar-refractivity contribution is -0.115. The number of nitrogens with one attached hydrogen (secondary N) is 2. The molecule has 0 spiro atoms. The first-order valence-corrected chi connectivity index (χ1v) is 10.4. The highest BCUT2D eigenvalue weighted by Gasteiger charge is 2.13. The summed E-state index contributed by atoms with van der Waals surface area (Å²) in [6.45, 7) is 0.934. The number of hydrogen-bond acceptors (Lipinski definition) is 3. The molecule has 6 nitrogen and oxygen atoms in total. The number of rotatable bonds is 5. The SMILES string of the molecule is O=C(CNC(=O)c1cccc(Br)c1)Nc1ccc(-c2cn3c(n2)CCCC3)cc1. The topological polar surface area (TPSA) is 76.0 Å². The van der Waals surface area contributed by atoms with Gasteiger partial charge in [-0.05, 0) is 43.2 Å². The summed E-state index contributed by atoms with van der Waals surface area (Å²) in [5.74, 6) is 0.573. The zero-order valence-electron chi connectivity index (χ0n) is 15.8. The molecule has 148 valence electrons. The molecule has 4 rings (SSSR count). The number of carbonyl (C=O) groups is 2. The zero-order chi connectivity index (χ0) is 20.2. The van der Waals surface area contributed by atoms with Crippen LogP contribution in [0.2, 0.25) is 0 Å². The average Bonchev–Trinajstić information content (AvgIpc) is 3.17. The molecule has 7 heteroatoms. The van der Waals surface area contributed by atoms with Crippen molar-refractivity contribution in [2.45, 2.75) is 25.8 Å². The van der Waals surface area contributed by atoms with Gasteiger partial charge in [0.05, 0.1) is 12.2 Å². The Balaban J connectivity index is 1.33. The quantitative estimate of drug-likeness (QED) is 0.613. The first-order valence-electron chi connectivity index (χ1n) is 9.58. The summed E-state index contributed by atoms with van der Waals surface area (Å²) in [5.41, 5.74) is 3.16. The maximum Gasteiger partial charge on any atom is 0.251 e. The Hall–Kier alpha value is -2.93. The van der Waals surface area contributed by atoms with Gasteiger partial charge in [-0.15, -0.1) is 0 Å². The van der Waals surface area contributed by atoms with E-state index in [-0.39, 0.29) is 18.4 Å². The molecule has 0 atom stereocenters.